The van der Waals surface area contributed by atoms with Crippen LogP contribution in [0.15, 0.2) is 84.8 Å². The van der Waals surface area contributed by atoms with E-state index >= 15 is 0 Å². The van der Waals surface area contributed by atoms with Gasteiger partial charge in [-0.15, -0.1) is 0 Å². The zero-order valence-corrected chi connectivity index (χ0v) is 18.6. The number of aliphatic hydroxyl groups excluding tert-OH is 1. The van der Waals surface area contributed by atoms with Crippen molar-refractivity contribution in [2.24, 2.45) is 0 Å². The molecule has 2 aromatic heterocycles. The summed E-state index contributed by atoms with van der Waals surface area (Å²) >= 11 is 0. The number of rotatable bonds is 6. The topological polar surface area (TPSA) is 95.5 Å². The third-order valence-electron chi connectivity index (χ3n) is 6.20. The number of methoxy groups -OCH3 is 1. The van der Waals surface area contributed by atoms with Crippen molar-refractivity contribution in [3.8, 4) is 5.75 Å². The Morgan fingerprint density at radius 3 is 2.62 bits per heavy atom. The van der Waals surface area contributed by atoms with Gasteiger partial charge in [-0.3, -0.25) is 14.6 Å². The van der Waals surface area contributed by atoms with Gasteiger partial charge in [0.2, 0.25) is 0 Å². The number of aliphatic hydroxyl groups is 1. The summed E-state index contributed by atoms with van der Waals surface area (Å²) in [5.74, 6) is -0.936. The minimum Gasteiger partial charge on any atom is -0.507 e. The lowest BCUT2D eigenvalue weighted by Crippen LogP contribution is -2.31. The van der Waals surface area contributed by atoms with Gasteiger partial charge in [0.05, 0.1) is 18.7 Å². The molecule has 1 unspecified atom stereocenters. The number of amides is 1. The molecule has 2 aromatic carbocycles. The number of ketones is 1. The molecular weight excluding hydrogens is 430 g/mol. The predicted octanol–water partition coefficient (Wildman–Crippen LogP) is 4.24. The van der Waals surface area contributed by atoms with Crippen molar-refractivity contribution in [1.82, 2.24) is 14.9 Å². The van der Waals surface area contributed by atoms with Gasteiger partial charge in [0.25, 0.3) is 11.7 Å². The Morgan fingerprint density at radius 1 is 1.09 bits per heavy atom. The Morgan fingerprint density at radius 2 is 1.88 bits per heavy atom. The van der Waals surface area contributed by atoms with E-state index in [1.165, 1.54) is 4.90 Å². The molecule has 170 valence electrons. The Balaban J connectivity index is 1.54. The van der Waals surface area contributed by atoms with Crippen molar-refractivity contribution in [1.29, 1.82) is 0 Å². The van der Waals surface area contributed by atoms with E-state index in [4.69, 9.17) is 4.74 Å². The summed E-state index contributed by atoms with van der Waals surface area (Å²) in [7, 11) is 1.55. The van der Waals surface area contributed by atoms with Crippen molar-refractivity contribution >= 4 is 28.4 Å². The number of carbonyl (C=O) groups excluding carboxylic acids is 2. The second-order valence-corrected chi connectivity index (χ2v) is 8.12. The van der Waals surface area contributed by atoms with Crippen LogP contribution in [-0.2, 0) is 16.0 Å². The van der Waals surface area contributed by atoms with Crippen LogP contribution in [0.4, 0.5) is 0 Å². The number of hydrogen-bond acceptors (Lipinski definition) is 5. The molecule has 0 bridgehead atoms. The Labute approximate surface area is 196 Å². The van der Waals surface area contributed by atoms with E-state index in [1.807, 2.05) is 36.5 Å². The van der Waals surface area contributed by atoms with E-state index in [9.17, 15) is 14.7 Å². The van der Waals surface area contributed by atoms with Crippen LogP contribution in [0, 0.1) is 0 Å². The third-order valence-corrected chi connectivity index (χ3v) is 6.20. The first kappa shape index (κ1) is 21.5. The normalized spacial score (nSPS) is 17.4. The minimum absolute atomic E-state index is 0.0575. The van der Waals surface area contributed by atoms with Gasteiger partial charge in [0, 0.05) is 41.6 Å². The number of para-hydroxylation sites is 1. The largest absolute Gasteiger partial charge is 0.507 e. The van der Waals surface area contributed by atoms with Crippen molar-refractivity contribution in [2.45, 2.75) is 12.5 Å². The Bertz CT molecular complexity index is 1390. The first-order valence-electron chi connectivity index (χ1n) is 11.0. The highest BCUT2D eigenvalue weighted by molar-refractivity contribution is 6.46. The summed E-state index contributed by atoms with van der Waals surface area (Å²) in [5, 5.41) is 12.2. The molecule has 7 heteroatoms. The van der Waals surface area contributed by atoms with E-state index in [1.54, 1.807) is 49.8 Å². The average molecular weight is 453 g/mol. The monoisotopic (exact) mass is 453 g/mol. The maximum Gasteiger partial charge on any atom is 0.295 e. The molecule has 34 heavy (non-hydrogen) atoms. The smallest absolute Gasteiger partial charge is 0.295 e. The zero-order valence-electron chi connectivity index (χ0n) is 18.6. The molecule has 0 spiro atoms. The summed E-state index contributed by atoms with van der Waals surface area (Å²) in [4.78, 5) is 35.2. The number of hydrogen-bond donors (Lipinski definition) is 2. The average Bonchev–Trinajstić information content (AvgIpc) is 3.41. The van der Waals surface area contributed by atoms with Crippen molar-refractivity contribution in [3.63, 3.8) is 0 Å². The van der Waals surface area contributed by atoms with E-state index < -0.39 is 17.7 Å². The van der Waals surface area contributed by atoms with Gasteiger partial charge in [-0.1, -0.05) is 24.3 Å². The van der Waals surface area contributed by atoms with Crippen LogP contribution in [0.25, 0.3) is 16.7 Å². The molecule has 4 aromatic rings. The fourth-order valence-corrected chi connectivity index (χ4v) is 4.48. The fourth-order valence-electron chi connectivity index (χ4n) is 4.48. The number of carbonyl (C=O) groups is 2. The maximum absolute atomic E-state index is 13.2. The summed E-state index contributed by atoms with van der Waals surface area (Å²) in [6.45, 7) is 0.311. The molecule has 1 saturated heterocycles. The van der Waals surface area contributed by atoms with Gasteiger partial charge in [-0.25, -0.2) is 0 Å². The number of ether oxygens (including phenoxy) is 1. The van der Waals surface area contributed by atoms with E-state index in [-0.39, 0.29) is 11.3 Å². The van der Waals surface area contributed by atoms with Crippen LogP contribution < -0.4 is 4.74 Å². The second-order valence-electron chi connectivity index (χ2n) is 8.12. The second kappa shape index (κ2) is 8.86. The van der Waals surface area contributed by atoms with E-state index in [2.05, 4.69) is 9.97 Å². The number of Topliss-reactive ketones (excluding diaryl/α,β-unsaturated/α-hetero) is 1. The number of H-pyrrole nitrogens is 1. The van der Waals surface area contributed by atoms with Crippen molar-refractivity contribution in [3.05, 3.63) is 102 Å². The van der Waals surface area contributed by atoms with Gasteiger partial charge in [0.1, 0.15) is 11.5 Å². The van der Waals surface area contributed by atoms with E-state index in [0.29, 0.717) is 29.8 Å². The number of aromatic amines is 1. The molecule has 0 radical (unpaired) electrons. The third kappa shape index (κ3) is 3.71. The highest BCUT2D eigenvalue weighted by Gasteiger charge is 2.46. The predicted molar refractivity (Wildman–Crippen MR) is 128 cm³/mol. The van der Waals surface area contributed by atoms with Crippen LogP contribution in [0.2, 0.25) is 0 Å². The lowest BCUT2D eigenvalue weighted by Gasteiger charge is -2.25. The maximum atomic E-state index is 13.2. The molecule has 5 rings (SSSR count). The molecule has 1 amide bonds. The fraction of sp³-hybridized carbons (Fsp3) is 0.148. The molecular formula is C27H23N3O4. The van der Waals surface area contributed by atoms with Crippen LogP contribution in [0.3, 0.4) is 0 Å². The Hall–Kier alpha value is -4.39. The van der Waals surface area contributed by atoms with Crippen LogP contribution >= 0.6 is 0 Å². The van der Waals surface area contributed by atoms with Crippen LogP contribution in [-0.4, -0.2) is 45.3 Å². The molecule has 1 atom stereocenters. The first-order valence-corrected chi connectivity index (χ1v) is 11.0. The highest BCUT2D eigenvalue weighted by atomic mass is 16.5. The summed E-state index contributed by atoms with van der Waals surface area (Å²) in [6, 6.07) is 17.5. The van der Waals surface area contributed by atoms with Gasteiger partial charge < -0.3 is 19.7 Å². The minimum atomic E-state index is -0.735. The Kier molecular flexibility index (Phi) is 5.59. The van der Waals surface area contributed by atoms with Gasteiger partial charge in [-0.2, -0.15) is 0 Å². The first-order chi connectivity index (χ1) is 16.6. The molecule has 7 nitrogen and oxygen atoms in total. The van der Waals surface area contributed by atoms with Gasteiger partial charge in [-0.05, 0) is 53.9 Å². The SMILES string of the molecule is COc1ccc(C(O)=C2C(=O)C(=O)N(CCc3c[nH]c4ccccc34)C2c2cccnc2)cc1. The van der Waals surface area contributed by atoms with Crippen LogP contribution in [0.5, 0.6) is 5.75 Å². The molecule has 1 aliphatic rings. The molecule has 3 heterocycles. The summed E-state index contributed by atoms with van der Waals surface area (Å²) in [6.07, 6.45) is 5.73. The van der Waals surface area contributed by atoms with E-state index in [0.717, 1.165) is 16.5 Å². The van der Waals surface area contributed by atoms with Crippen LogP contribution in [0.1, 0.15) is 22.7 Å². The van der Waals surface area contributed by atoms with Gasteiger partial charge >= 0.3 is 0 Å². The number of nitrogens with zero attached hydrogens (tertiary/aromatic N) is 2. The zero-order chi connectivity index (χ0) is 23.7. The summed E-state index contributed by atoms with van der Waals surface area (Å²) in [5.41, 5.74) is 3.22. The molecule has 0 saturated carbocycles. The number of aromatic nitrogens is 2. The molecule has 0 aliphatic carbocycles. The number of fused-ring (bicyclic) bond motifs is 1. The summed E-state index contributed by atoms with van der Waals surface area (Å²) < 4.78 is 5.18. The molecule has 1 aliphatic heterocycles. The number of likely N-dealkylation sites (tertiary alicyclic amines) is 1. The number of nitrogens with one attached hydrogen (secondary N) is 1. The van der Waals surface area contributed by atoms with Crippen molar-refractivity contribution < 1.29 is 19.4 Å². The number of pyridine rings is 1. The number of benzene rings is 2. The lowest BCUT2D eigenvalue weighted by molar-refractivity contribution is -0.139. The van der Waals surface area contributed by atoms with Crippen molar-refractivity contribution in [2.75, 3.05) is 13.7 Å². The standard InChI is InChI=1S/C27H23N3O4/c1-34-20-10-8-17(9-11-20)25(31)23-24(19-5-4-13-28-15-19)30(27(33)26(23)32)14-12-18-16-29-22-7-3-2-6-21(18)22/h2-11,13,15-16,24,29,31H,12,14H2,1H3. The molecule has 1 fully saturated rings. The quantitative estimate of drug-likeness (QED) is 0.259. The lowest BCUT2D eigenvalue weighted by atomic mass is 9.96. The highest BCUT2D eigenvalue weighted by Crippen LogP contribution is 2.39. The molecule has 2 N–H and O–H groups in total. The van der Waals surface area contributed by atoms with Gasteiger partial charge in [0.15, 0.2) is 0 Å².